The summed E-state index contributed by atoms with van der Waals surface area (Å²) in [5, 5.41) is 2.48. The van der Waals surface area contributed by atoms with E-state index in [1.54, 1.807) is 0 Å². The van der Waals surface area contributed by atoms with E-state index in [9.17, 15) is 0 Å². The predicted octanol–water partition coefficient (Wildman–Crippen LogP) is 16.3. The predicted molar refractivity (Wildman–Crippen MR) is 251 cm³/mol. The van der Waals surface area contributed by atoms with Gasteiger partial charge in [0.1, 0.15) is 0 Å². The number of rotatable bonds is 9. The van der Waals surface area contributed by atoms with Gasteiger partial charge in [-0.2, -0.15) is 0 Å². The Labute approximate surface area is 346 Å². The van der Waals surface area contributed by atoms with E-state index >= 15 is 0 Å². The van der Waals surface area contributed by atoms with Crippen molar-refractivity contribution >= 4 is 27.8 Å². The first-order valence-corrected chi connectivity index (χ1v) is 20.2. The lowest BCUT2D eigenvalue weighted by molar-refractivity contribution is 1.28. The van der Waals surface area contributed by atoms with Crippen LogP contribution >= 0.6 is 0 Å². The molecule has 10 rings (SSSR count). The lowest BCUT2D eigenvalue weighted by atomic mass is 9.93. The van der Waals surface area contributed by atoms with Gasteiger partial charge in [-0.1, -0.05) is 188 Å². The minimum Gasteiger partial charge on any atom is -0.310 e. The largest absolute Gasteiger partial charge is 0.310 e. The zero-order valence-corrected chi connectivity index (χ0v) is 32.6. The fraction of sp³-hybridized carbons (Fsp3) is 0. The molecule has 0 fully saturated rings. The molecule has 10 aromatic carbocycles. The third-order valence-electron chi connectivity index (χ3n) is 11.2. The molecule has 0 heterocycles. The molecular formula is C58H41N. The van der Waals surface area contributed by atoms with E-state index in [2.05, 4.69) is 254 Å². The van der Waals surface area contributed by atoms with Crippen molar-refractivity contribution in [1.82, 2.24) is 0 Å². The molecule has 0 aromatic heterocycles. The highest BCUT2D eigenvalue weighted by atomic mass is 15.1. The summed E-state index contributed by atoms with van der Waals surface area (Å²) in [4.78, 5) is 2.37. The summed E-state index contributed by atoms with van der Waals surface area (Å²) in [5.74, 6) is 0. The number of hydrogen-bond donors (Lipinski definition) is 0. The second kappa shape index (κ2) is 16.0. The second-order valence-electron chi connectivity index (χ2n) is 15.0. The molecule has 10 aromatic rings. The Bertz CT molecular complexity index is 2930. The van der Waals surface area contributed by atoms with Gasteiger partial charge >= 0.3 is 0 Å². The monoisotopic (exact) mass is 751 g/mol. The Morgan fingerprint density at radius 3 is 1.00 bits per heavy atom. The molecule has 0 atom stereocenters. The molecule has 0 bridgehead atoms. The van der Waals surface area contributed by atoms with Crippen LogP contribution in [0.1, 0.15) is 0 Å². The first kappa shape index (κ1) is 35.7. The Morgan fingerprint density at radius 2 is 0.508 bits per heavy atom. The van der Waals surface area contributed by atoms with Crippen molar-refractivity contribution in [2.75, 3.05) is 4.90 Å². The molecule has 0 saturated carbocycles. The Balaban J connectivity index is 1.04. The molecule has 59 heavy (non-hydrogen) atoms. The van der Waals surface area contributed by atoms with Gasteiger partial charge in [0.25, 0.3) is 0 Å². The average Bonchev–Trinajstić information content (AvgIpc) is 3.33. The number of anilines is 3. The first-order valence-electron chi connectivity index (χ1n) is 20.2. The second-order valence-corrected chi connectivity index (χ2v) is 15.0. The summed E-state index contributed by atoms with van der Waals surface area (Å²) in [6.07, 6.45) is 0. The minimum absolute atomic E-state index is 1.09. The molecule has 0 aliphatic rings. The van der Waals surface area contributed by atoms with E-state index in [4.69, 9.17) is 0 Å². The number of hydrogen-bond acceptors (Lipinski definition) is 1. The highest BCUT2D eigenvalue weighted by Crippen LogP contribution is 2.40. The zero-order chi connectivity index (χ0) is 39.4. The maximum atomic E-state index is 2.37. The molecule has 1 heteroatoms. The molecule has 0 saturated heterocycles. The van der Waals surface area contributed by atoms with E-state index in [-0.39, 0.29) is 0 Å². The minimum atomic E-state index is 1.09. The highest BCUT2D eigenvalue weighted by Gasteiger charge is 2.16. The fourth-order valence-corrected chi connectivity index (χ4v) is 8.12. The summed E-state index contributed by atoms with van der Waals surface area (Å²) >= 11 is 0. The summed E-state index contributed by atoms with van der Waals surface area (Å²) in [7, 11) is 0. The Morgan fingerprint density at radius 1 is 0.169 bits per heavy atom. The van der Waals surface area contributed by atoms with Gasteiger partial charge in [-0.25, -0.2) is 0 Å². The summed E-state index contributed by atoms with van der Waals surface area (Å²) < 4.78 is 0. The maximum Gasteiger partial charge on any atom is 0.0467 e. The van der Waals surface area contributed by atoms with Crippen LogP contribution in [-0.2, 0) is 0 Å². The van der Waals surface area contributed by atoms with Crippen molar-refractivity contribution in [2.45, 2.75) is 0 Å². The molecule has 278 valence electrons. The van der Waals surface area contributed by atoms with Gasteiger partial charge in [-0.15, -0.1) is 0 Å². The van der Waals surface area contributed by atoms with Crippen LogP contribution in [0, 0.1) is 0 Å². The summed E-state index contributed by atoms with van der Waals surface area (Å²) in [6, 6.07) is 89.8. The van der Waals surface area contributed by atoms with Crippen molar-refractivity contribution in [3.05, 3.63) is 249 Å². The smallest absolute Gasteiger partial charge is 0.0467 e. The topological polar surface area (TPSA) is 3.24 Å². The van der Waals surface area contributed by atoms with Crippen molar-refractivity contribution in [1.29, 1.82) is 0 Å². The maximum absolute atomic E-state index is 2.37. The standard InChI is InChI=1S/C58H41N/c1-4-13-42(14-5-1)46-23-25-47(26-24-46)48-29-33-56(34-30-48)59(58-22-12-21-51(41-58)52-28-27-45-19-10-11-20-50(45)37-52)57-35-31-49(32-36-57)55-39-53(43-15-6-2-7-16-43)38-54(40-55)44-17-8-3-9-18-44/h1-41H. The third kappa shape index (κ3) is 7.58. The Kier molecular flexibility index (Phi) is 9.68. The van der Waals surface area contributed by atoms with Gasteiger partial charge in [0, 0.05) is 17.1 Å². The van der Waals surface area contributed by atoms with E-state index in [0.717, 1.165) is 17.1 Å². The molecule has 0 amide bonds. The van der Waals surface area contributed by atoms with Crippen LogP contribution in [0.3, 0.4) is 0 Å². The van der Waals surface area contributed by atoms with Crippen LogP contribution in [-0.4, -0.2) is 0 Å². The molecular weight excluding hydrogens is 711 g/mol. The highest BCUT2D eigenvalue weighted by molar-refractivity contribution is 5.89. The van der Waals surface area contributed by atoms with E-state index < -0.39 is 0 Å². The molecule has 0 radical (unpaired) electrons. The quantitative estimate of drug-likeness (QED) is 0.142. The van der Waals surface area contributed by atoms with Gasteiger partial charge in [0.05, 0.1) is 0 Å². The molecule has 0 aliphatic heterocycles. The number of benzene rings is 10. The van der Waals surface area contributed by atoms with Crippen LogP contribution in [0.2, 0.25) is 0 Å². The van der Waals surface area contributed by atoms with Crippen molar-refractivity contribution < 1.29 is 0 Å². The van der Waals surface area contributed by atoms with Crippen LogP contribution < -0.4 is 4.90 Å². The Hall–Kier alpha value is -7.74. The molecule has 0 N–H and O–H groups in total. The van der Waals surface area contributed by atoms with Crippen LogP contribution in [0.5, 0.6) is 0 Å². The zero-order valence-electron chi connectivity index (χ0n) is 32.6. The number of nitrogens with zero attached hydrogens (tertiary/aromatic N) is 1. The molecule has 0 spiro atoms. The van der Waals surface area contributed by atoms with Gasteiger partial charge in [0.15, 0.2) is 0 Å². The molecule has 0 aliphatic carbocycles. The van der Waals surface area contributed by atoms with Crippen molar-refractivity contribution in [3.8, 4) is 66.8 Å². The molecule has 1 nitrogen and oxygen atoms in total. The van der Waals surface area contributed by atoms with Gasteiger partial charge in [-0.3, -0.25) is 0 Å². The van der Waals surface area contributed by atoms with Crippen LogP contribution in [0.25, 0.3) is 77.5 Å². The number of fused-ring (bicyclic) bond motifs is 1. The first-order chi connectivity index (χ1) is 29.2. The third-order valence-corrected chi connectivity index (χ3v) is 11.2. The van der Waals surface area contributed by atoms with Gasteiger partial charge < -0.3 is 4.90 Å². The lowest BCUT2D eigenvalue weighted by Gasteiger charge is -2.26. The van der Waals surface area contributed by atoms with E-state index in [1.165, 1.54) is 77.5 Å². The molecule has 0 unspecified atom stereocenters. The van der Waals surface area contributed by atoms with Crippen LogP contribution in [0.15, 0.2) is 249 Å². The average molecular weight is 752 g/mol. The van der Waals surface area contributed by atoms with Crippen molar-refractivity contribution in [2.24, 2.45) is 0 Å². The van der Waals surface area contributed by atoms with Crippen molar-refractivity contribution in [3.63, 3.8) is 0 Å². The van der Waals surface area contributed by atoms with Gasteiger partial charge in [0.2, 0.25) is 0 Å². The SMILES string of the molecule is c1ccc(-c2ccc(-c3ccc(N(c4ccc(-c5cc(-c6ccccc6)cc(-c6ccccc6)c5)cc4)c4cccc(-c5ccc6ccccc6c5)c4)cc3)cc2)cc1. The summed E-state index contributed by atoms with van der Waals surface area (Å²) in [6.45, 7) is 0. The fourth-order valence-electron chi connectivity index (χ4n) is 8.12. The van der Waals surface area contributed by atoms with Gasteiger partial charge in [-0.05, 0) is 138 Å². The van der Waals surface area contributed by atoms with E-state index in [0.29, 0.717) is 0 Å². The summed E-state index contributed by atoms with van der Waals surface area (Å²) in [5.41, 5.74) is 17.6. The lowest BCUT2D eigenvalue weighted by Crippen LogP contribution is -2.10. The van der Waals surface area contributed by atoms with Crippen LogP contribution in [0.4, 0.5) is 17.1 Å². The normalized spacial score (nSPS) is 11.1. The van der Waals surface area contributed by atoms with E-state index in [1.807, 2.05) is 0 Å².